The lowest BCUT2D eigenvalue weighted by Gasteiger charge is -2.34. The van der Waals surface area contributed by atoms with Crippen LogP contribution in [0.2, 0.25) is 0 Å². The van der Waals surface area contributed by atoms with Gasteiger partial charge in [-0.1, -0.05) is 25.9 Å². The number of amides is 1. The molecule has 0 radical (unpaired) electrons. The Morgan fingerprint density at radius 3 is 2.35 bits per heavy atom. The Kier molecular flexibility index (Phi) is 5.29. The Morgan fingerprint density at radius 2 is 2.00 bits per heavy atom. The Morgan fingerprint density at radius 1 is 1.47 bits per heavy atom. The van der Waals surface area contributed by atoms with Crippen molar-refractivity contribution in [3.63, 3.8) is 0 Å². The van der Waals surface area contributed by atoms with Crippen molar-refractivity contribution in [2.75, 3.05) is 0 Å². The Bertz CT molecular complexity index is 321. The number of nitrogens with zero attached hydrogens (tertiary/aromatic N) is 3. The third-order valence-corrected chi connectivity index (χ3v) is 2.32. The molecule has 0 aromatic rings. The average Bonchev–Trinajstić information content (AvgIpc) is 1.95. The van der Waals surface area contributed by atoms with Crippen LogP contribution in [0.15, 0.2) is 5.11 Å². The van der Waals surface area contributed by atoms with Crippen LogP contribution < -0.4 is 5.73 Å². The van der Waals surface area contributed by atoms with E-state index >= 15 is 0 Å². The van der Waals surface area contributed by atoms with Gasteiger partial charge >= 0.3 is 6.09 Å². The van der Waals surface area contributed by atoms with Gasteiger partial charge in [-0.3, -0.25) is 0 Å². The molecule has 98 valence electrons. The zero-order chi connectivity index (χ0) is 13.7. The van der Waals surface area contributed by atoms with E-state index in [0.717, 1.165) is 6.42 Å². The van der Waals surface area contributed by atoms with E-state index in [0.29, 0.717) is 12.3 Å². The lowest BCUT2D eigenvalue weighted by Crippen LogP contribution is -2.39. The number of hydrogen-bond acceptors (Lipinski definition) is 3. The van der Waals surface area contributed by atoms with Gasteiger partial charge in [0.25, 0.3) is 0 Å². The number of carbonyl (C=O) groups is 1. The Balaban J connectivity index is 4.85. The molecule has 2 N–H and O–H groups in total. The summed E-state index contributed by atoms with van der Waals surface area (Å²) in [7, 11) is 0. The van der Waals surface area contributed by atoms with Crippen molar-refractivity contribution >= 4 is 6.09 Å². The number of hydrogen-bond donors (Lipinski definition) is 1. The molecular weight excluding hydrogens is 220 g/mol. The molecule has 0 saturated carbocycles. The third-order valence-electron chi connectivity index (χ3n) is 2.32. The van der Waals surface area contributed by atoms with Gasteiger partial charge in [-0.2, -0.15) is 0 Å². The predicted molar refractivity (Wildman–Crippen MR) is 66.4 cm³/mol. The van der Waals surface area contributed by atoms with E-state index in [1.165, 1.54) is 0 Å². The minimum atomic E-state index is -0.817. The highest BCUT2D eigenvalue weighted by Gasteiger charge is 2.34. The van der Waals surface area contributed by atoms with Crippen LogP contribution >= 0.6 is 0 Å². The van der Waals surface area contributed by atoms with E-state index in [-0.39, 0.29) is 0 Å². The second-order valence-electron chi connectivity index (χ2n) is 5.64. The Labute approximate surface area is 102 Å². The van der Waals surface area contributed by atoms with Gasteiger partial charge in [-0.15, -0.1) is 0 Å². The molecule has 6 nitrogen and oxygen atoms in total. The number of nitrogens with two attached hydrogens (primary N) is 1. The second kappa shape index (κ2) is 5.77. The molecule has 0 rings (SSSR count). The molecule has 6 heteroatoms. The van der Waals surface area contributed by atoms with Crippen LogP contribution in [0.4, 0.5) is 4.79 Å². The molecule has 0 aliphatic rings. The number of rotatable bonds is 6. The number of carbonyl (C=O) groups excluding carboxylic acids is 1. The van der Waals surface area contributed by atoms with E-state index in [4.69, 9.17) is 16.0 Å². The zero-order valence-corrected chi connectivity index (χ0v) is 11.2. The van der Waals surface area contributed by atoms with Crippen molar-refractivity contribution in [2.24, 2.45) is 16.8 Å². The highest BCUT2D eigenvalue weighted by atomic mass is 16.6. The van der Waals surface area contributed by atoms with Gasteiger partial charge in [0.05, 0.1) is 0 Å². The molecule has 0 saturated heterocycles. The molecule has 0 heterocycles. The topological polar surface area (TPSA) is 101 Å². The SMILES string of the molecule is CC(C)CC(C)(CC(C)(C)OC(N)=O)N=[N+]=[N-]. The zero-order valence-electron chi connectivity index (χ0n) is 11.2. The van der Waals surface area contributed by atoms with Gasteiger partial charge in [0.15, 0.2) is 0 Å². The fraction of sp³-hybridized carbons (Fsp3) is 0.909. The van der Waals surface area contributed by atoms with Crippen LogP contribution in [0.25, 0.3) is 10.4 Å². The van der Waals surface area contributed by atoms with Crippen molar-refractivity contribution in [3.8, 4) is 0 Å². The van der Waals surface area contributed by atoms with Gasteiger partial charge in [-0.25, -0.2) is 4.79 Å². The van der Waals surface area contributed by atoms with Crippen LogP contribution in [-0.2, 0) is 4.74 Å². The summed E-state index contributed by atoms with van der Waals surface area (Å²) in [5.41, 5.74) is 12.3. The first kappa shape index (κ1) is 15.6. The van der Waals surface area contributed by atoms with Gasteiger partial charge in [0.2, 0.25) is 0 Å². The average molecular weight is 242 g/mol. The van der Waals surface area contributed by atoms with Crippen LogP contribution in [0.5, 0.6) is 0 Å². The van der Waals surface area contributed by atoms with Crippen LogP contribution in [0.3, 0.4) is 0 Å². The second-order valence-corrected chi connectivity index (χ2v) is 5.64. The molecule has 1 amide bonds. The third kappa shape index (κ3) is 6.68. The van der Waals surface area contributed by atoms with Crippen molar-refractivity contribution in [2.45, 2.75) is 58.6 Å². The summed E-state index contributed by atoms with van der Waals surface area (Å²) in [6.45, 7) is 9.46. The summed E-state index contributed by atoms with van der Waals surface area (Å²) in [5, 5.41) is 3.84. The maximum atomic E-state index is 10.8. The summed E-state index contributed by atoms with van der Waals surface area (Å²) >= 11 is 0. The maximum Gasteiger partial charge on any atom is 0.405 e. The van der Waals surface area contributed by atoms with Crippen molar-refractivity contribution in [1.82, 2.24) is 0 Å². The molecule has 17 heavy (non-hydrogen) atoms. The molecule has 0 spiro atoms. The minimum absolute atomic E-state index is 0.384. The molecule has 0 fully saturated rings. The first-order valence-electron chi connectivity index (χ1n) is 5.65. The smallest absolute Gasteiger partial charge is 0.405 e. The van der Waals surface area contributed by atoms with E-state index in [2.05, 4.69) is 10.0 Å². The maximum absolute atomic E-state index is 10.8. The number of primary amides is 1. The summed E-state index contributed by atoms with van der Waals surface area (Å²) in [4.78, 5) is 13.7. The lowest BCUT2D eigenvalue weighted by molar-refractivity contribution is 0.0212. The molecule has 0 aromatic carbocycles. The molecule has 0 aromatic heterocycles. The lowest BCUT2D eigenvalue weighted by atomic mass is 9.82. The number of ether oxygens (including phenoxy) is 1. The van der Waals surface area contributed by atoms with E-state index in [9.17, 15) is 4.79 Å². The molecule has 0 aliphatic heterocycles. The first-order valence-corrected chi connectivity index (χ1v) is 5.65. The number of azide groups is 1. The Hall–Kier alpha value is -1.42. The normalized spacial score (nSPS) is 14.9. The molecule has 0 bridgehead atoms. The van der Waals surface area contributed by atoms with Crippen LogP contribution in [0, 0.1) is 5.92 Å². The molecule has 0 aliphatic carbocycles. The molecule has 1 atom stereocenters. The summed E-state index contributed by atoms with van der Waals surface area (Å²) in [6, 6.07) is 0. The van der Waals surface area contributed by atoms with E-state index in [1.807, 2.05) is 20.8 Å². The quantitative estimate of drug-likeness (QED) is 0.438. The van der Waals surface area contributed by atoms with Gasteiger partial charge < -0.3 is 10.5 Å². The molecular formula is C11H22N4O2. The minimum Gasteiger partial charge on any atom is -0.444 e. The monoisotopic (exact) mass is 242 g/mol. The van der Waals surface area contributed by atoms with Gasteiger partial charge in [0, 0.05) is 10.5 Å². The van der Waals surface area contributed by atoms with E-state index < -0.39 is 17.2 Å². The summed E-state index contributed by atoms with van der Waals surface area (Å²) in [5.74, 6) is 0.384. The fourth-order valence-corrected chi connectivity index (χ4v) is 2.36. The summed E-state index contributed by atoms with van der Waals surface area (Å²) < 4.78 is 5.02. The van der Waals surface area contributed by atoms with Crippen molar-refractivity contribution in [3.05, 3.63) is 10.4 Å². The van der Waals surface area contributed by atoms with Gasteiger partial charge in [0.1, 0.15) is 5.60 Å². The highest BCUT2D eigenvalue weighted by molar-refractivity contribution is 5.65. The largest absolute Gasteiger partial charge is 0.444 e. The first-order chi connectivity index (χ1) is 7.60. The fourth-order valence-electron chi connectivity index (χ4n) is 2.36. The predicted octanol–water partition coefficient (Wildman–Crippen LogP) is 3.37. The van der Waals surface area contributed by atoms with Crippen LogP contribution in [-0.4, -0.2) is 17.2 Å². The van der Waals surface area contributed by atoms with Crippen molar-refractivity contribution in [1.29, 1.82) is 0 Å². The van der Waals surface area contributed by atoms with Crippen LogP contribution in [0.1, 0.15) is 47.5 Å². The summed E-state index contributed by atoms with van der Waals surface area (Å²) in [6.07, 6.45) is 0.344. The van der Waals surface area contributed by atoms with Gasteiger partial charge in [-0.05, 0) is 38.1 Å². The van der Waals surface area contributed by atoms with E-state index in [1.54, 1.807) is 13.8 Å². The molecule has 1 unspecified atom stereocenters. The van der Waals surface area contributed by atoms with Crippen molar-refractivity contribution < 1.29 is 9.53 Å². The highest BCUT2D eigenvalue weighted by Crippen LogP contribution is 2.32. The standard InChI is InChI=1S/C11H22N4O2/c1-8(2)6-11(5,14-15-13)7-10(3,4)17-9(12)16/h8H,6-7H2,1-5H3,(H2,12,16).